The summed E-state index contributed by atoms with van der Waals surface area (Å²) in [5.74, 6) is 1.31. The van der Waals surface area contributed by atoms with Gasteiger partial charge in [0.25, 0.3) is 0 Å². The van der Waals surface area contributed by atoms with Gasteiger partial charge in [-0.25, -0.2) is 0 Å². The molecule has 4 aromatic rings. The monoisotopic (exact) mass is 426 g/mol. The molecule has 0 fully saturated rings. The van der Waals surface area contributed by atoms with Crippen molar-refractivity contribution in [1.29, 1.82) is 0 Å². The number of para-hydroxylation sites is 1. The minimum Gasteiger partial charge on any atom is -0.399 e. The molecule has 0 saturated heterocycles. The maximum atomic E-state index is 6.32. The van der Waals surface area contributed by atoms with Crippen molar-refractivity contribution in [2.24, 2.45) is 0 Å². The van der Waals surface area contributed by atoms with Crippen molar-refractivity contribution < 1.29 is 0 Å². The third kappa shape index (κ3) is 3.87. The molecule has 0 aliphatic heterocycles. The first-order valence-electron chi connectivity index (χ1n) is 8.56. The van der Waals surface area contributed by atoms with E-state index in [2.05, 4.69) is 10.2 Å². The van der Waals surface area contributed by atoms with Crippen molar-refractivity contribution in [3.05, 3.63) is 88.4 Å². The van der Waals surface area contributed by atoms with Crippen LogP contribution in [0.4, 0.5) is 5.69 Å². The average molecular weight is 427 g/mol. The number of aromatic nitrogens is 3. The standard InChI is InChI=1S/C21H16Cl2N4S/c22-18-10-5-11-19(23)17(18)13-28-21-26-25-20(14-6-4-7-15(24)12-14)27(21)16-8-2-1-3-9-16/h1-12H,13,24H2. The molecule has 0 radical (unpaired) electrons. The minimum absolute atomic E-state index is 0.584. The van der Waals surface area contributed by atoms with E-state index in [-0.39, 0.29) is 0 Å². The zero-order chi connectivity index (χ0) is 19.5. The smallest absolute Gasteiger partial charge is 0.196 e. The summed E-state index contributed by atoms with van der Waals surface area (Å²) >= 11 is 14.2. The van der Waals surface area contributed by atoms with Crippen molar-refractivity contribution in [3.8, 4) is 17.1 Å². The first-order chi connectivity index (χ1) is 13.6. The van der Waals surface area contributed by atoms with E-state index in [1.807, 2.05) is 77.4 Å². The Hall–Kier alpha value is -2.47. The molecule has 2 N–H and O–H groups in total. The van der Waals surface area contributed by atoms with Crippen molar-refractivity contribution >= 4 is 40.7 Å². The summed E-state index contributed by atoms with van der Waals surface area (Å²) in [4.78, 5) is 0. The first kappa shape index (κ1) is 18.9. The number of nitrogen functional groups attached to an aromatic ring is 1. The summed E-state index contributed by atoms with van der Waals surface area (Å²) in [5, 5.41) is 10.9. The Kier molecular flexibility index (Phi) is 5.57. The second-order valence-electron chi connectivity index (χ2n) is 6.09. The van der Waals surface area contributed by atoms with Crippen molar-refractivity contribution in [1.82, 2.24) is 14.8 Å². The summed E-state index contributed by atoms with van der Waals surface area (Å²) in [6.07, 6.45) is 0. The van der Waals surface area contributed by atoms with Crippen LogP contribution in [0.25, 0.3) is 17.1 Å². The van der Waals surface area contributed by atoms with Crippen LogP contribution in [0.15, 0.2) is 78.0 Å². The zero-order valence-corrected chi connectivity index (χ0v) is 17.0. The van der Waals surface area contributed by atoms with Crippen LogP contribution in [0.2, 0.25) is 10.0 Å². The molecule has 0 aliphatic rings. The first-order valence-corrected chi connectivity index (χ1v) is 10.3. The molecule has 0 amide bonds. The lowest BCUT2D eigenvalue weighted by Gasteiger charge is -2.11. The Morgan fingerprint density at radius 1 is 0.857 bits per heavy atom. The van der Waals surface area contributed by atoms with Crippen LogP contribution in [-0.4, -0.2) is 14.8 Å². The number of thioether (sulfide) groups is 1. The lowest BCUT2D eigenvalue weighted by Crippen LogP contribution is -2.00. The van der Waals surface area contributed by atoms with Gasteiger partial charge in [-0.15, -0.1) is 10.2 Å². The fourth-order valence-corrected chi connectivity index (χ4v) is 4.54. The summed E-state index contributed by atoms with van der Waals surface area (Å²) < 4.78 is 2.02. The predicted molar refractivity (Wildman–Crippen MR) is 117 cm³/mol. The molecule has 3 aromatic carbocycles. The Labute approximate surface area is 177 Å². The van der Waals surface area contributed by atoms with Gasteiger partial charge in [-0.3, -0.25) is 4.57 Å². The van der Waals surface area contributed by atoms with E-state index in [0.717, 1.165) is 27.8 Å². The Morgan fingerprint density at radius 3 is 2.29 bits per heavy atom. The van der Waals surface area contributed by atoms with Gasteiger partial charge in [-0.05, 0) is 42.0 Å². The Bertz CT molecular complexity index is 1090. The number of nitrogens with zero attached hydrogens (tertiary/aromatic N) is 3. The molecule has 4 rings (SSSR count). The molecule has 1 heterocycles. The highest BCUT2D eigenvalue weighted by molar-refractivity contribution is 7.98. The van der Waals surface area contributed by atoms with E-state index in [1.165, 1.54) is 11.8 Å². The van der Waals surface area contributed by atoms with Gasteiger partial charge in [0.15, 0.2) is 11.0 Å². The van der Waals surface area contributed by atoms with Crippen LogP contribution >= 0.6 is 35.0 Å². The maximum Gasteiger partial charge on any atom is 0.196 e. The molecule has 0 unspecified atom stereocenters. The van der Waals surface area contributed by atoms with Gasteiger partial charge < -0.3 is 5.73 Å². The number of hydrogen-bond acceptors (Lipinski definition) is 4. The molecule has 28 heavy (non-hydrogen) atoms. The van der Waals surface area contributed by atoms with Gasteiger partial charge in [-0.2, -0.15) is 0 Å². The second kappa shape index (κ2) is 8.27. The fraction of sp³-hybridized carbons (Fsp3) is 0.0476. The van der Waals surface area contributed by atoms with Crippen LogP contribution in [0.5, 0.6) is 0 Å². The van der Waals surface area contributed by atoms with Gasteiger partial charge >= 0.3 is 0 Å². The Balaban J connectivity index is 1.76. The van der Waals surface area contributed by atoms with E-state index >= 15 is 0 Å². The summed E-state index contributed by atoms with van der Waals surface area (Å²) in [6, 6.07) is 23.1. The number of halogens is 2. The number of benzene rings is 3. The van der Waals surface area contributed by atoms with E-state index in [9.17, 15) is 0 Å². The molecule has 0 bridgehead atoms. The van der Waals surface area contributed by atoms with Crippen LogP contribution in [0, 0.1) is 0 Å². The van der Waals surface area contributed by atoms with E-state index in [0.29, 0.717) is 21.5 Å². The number of rotatable bonds is 5. The van der Waals surface area contributed by atoms with Gasteiger partial charge in [0.2, 0.25) is 0 Å². The maximum absolute atomic E-state index is 6.32. The van der Waals surface area contributed by atoms with Crippen LogP contribution in [-0.2, 0) is 5.75 Å². The fourth-order valence-electron chi connectivity index (χ4n) is 2.84. The highest BCUT2D eigenvalue weighted by Gasteiger charge is 2.17. The van der Waals surface area contributed by atoms with Crippen LogP contribution in [0.3, 0.4) is 0 Å². The van der Waals surface area contributed by atoms with Gasteiger partial charge in [0, 0.05) is 32.7 Å². The average Bonchev–Trinajstić information content (AvgIpc) is 3.12. The molecule has 0 aliphatic carbocycles. The molecule has 0 atom stereocenters. The van der Waals surface area contributed by atoms with Crippen LogP contribution in [0.1, 0.15) is 5.56 Å². The Morgan fingerprint density at radius 2 is 1.57 bits per heavy atom. The van der Waals surface area contributed by atoms with Gasteiger partial charge in [0.05, 0.1) is 0 Å². The quantitative estimate of drug-likeness (QED) is 0.308. The zero-order valence-electron chi connectivity index (χ0n) is 14.7. The molecule has 0 saturated carbocycles. The second-order valence-corrected chi connectivity index (χ2v) is 7.85. The third-order valence-corrected chi connectivity index (χ3v) is 5.86. The van der Waals surface area contributed by atoms with Gasteiger partial charge in [0.1, 0.15) is 0 Å². The molecule has 4 nitrogen and oxygen atoms in total. The van der Waals surface area contributed by atoms with Crippen LogP contribution < -0.4 is 5.73 Å². The van der Waals surface area contributed by atoms with E-state index in [4.69, 9.17) is 28.9 Å². The number of anilines is 1. The van der Waals surface area contributed by atoms with Crippen molar-refractivity contribution in [2.75, 3.05) is 5.73 Å². The van der Waals surface area contributed by atoms with Crippen molar-refractivity contribution in [2.45, 2.75) is 10.9 Å². The molecule has 0 spiro atoms. The normalized spacial score (nSPS) is 10.9. The molecule has 140 valence electrons. The molecular formula is C21H16Cl2N4S. The van der Waals surface area contributed by atoms with Gasteiger partial charge in [-0.1, -0.05) is 71.4 Å². The highest BCUT2D eigenvalue weighted by atomic mass is 35.5. The van der Waals surface area contributed by atoms with E-state index < -0.39 is 0 Å². The van der Waals surface area contributed by atoms with E-state index in [1.54, 1.807) is 0 Å². The lowest BCUT2D eigenvalue weighted by atomic mass is 10.2. The molecular weight excluding hydrogens is 411 g/mol. The number of nitrogens with two attached hydrogens (primary N) is 1. The topological polar surface area (TPSA) is 56.7 Å². The summed E-state index contributed by atoms with van der Waals surface area (Å²) in [5.41, 5.74) is 9.40. The summed E-state index contributed by atoms with van der Waals surface area (Å²) in [6.45, 7) is 0. The third-order valence-electron chi connectivity index (χ3n) is 4.20. The summed E-state index contributed by atoms with van der Waals surface area (Å²) in [7, 11) is 0. The predicted octanol–water partition coefficient (Wildman–Crippen LogP) is 6.12. The largest absolute Gasteiger partial charge is 0.399 e. The molecule has 1 aromatic heterocycles. The molecule has 7 heteroatoms. The van der Waals surface area contributed by atoms with Crippen molar-refractivity contribution in [3.63, 3.8) is 0 Å². The minimum atomic E-state index is 0.584. The lowest BCUT2D eigenvalue weighted by molar-refractivity contribution is 0.886. The highest BCUT2D eigenvalue weighted by Crippen LogP contribution is 2.34. The SMILES string of the molecule is Nc1cccc(-c2nnc(SCc3c(Cl)cccc3Cl)n2-c2ccccc2)c1. The number of hydrogen-bond donors (Lipinski definition) is 1.